The molecule has 0 amide bonds. The molecule has 0 fully saturated rings. The SMILES string of the molecule is O=C1CC=Cc2c1cc1ccccn21. The van der Waals surface area contributed by atoms with Gasteiger partial charge in [0.25, 0.3) is 0 Å². The lowest BCUT2D eigenvalue weighted by Gasteiger charge is -2.04. The average Bonchev–Trinajstić information content (AvgIpc) is 2.59. The van der Waals surface area contributed by atoms with E-state index in [2.05, 4.69) is 0 Å². The fourth-order valence-corrected chi connectivity index (χ4v) is 1.93. The first-order valence-electron chi connectivity index (χ1n) is 4.66. The van der Waals surface area contributed by atoms with Crippen molar-refractivity contribution >= 4 is 17.4 Å². The fraction of sp³-hybridized carbons (Fsp3) is 0.0833. The van der Waals surface area contributed by atoms with Crippen LogP contribution in [-0.2, 0) is 0 Å². The summed E-state index contributed by atoms with van der Waals surface area (Å²) in [4.78, 5) is 11.6. The molecule has 0 aliphatic heterocycles. The molecule has 2 nitrogen and oxygen atoms in total. The predicted octanol–water partition coefficient (Wildman–Crippen LogP) is 2.54. The van der Waals surface area contributed by atoms with Gasteiger partial charge in [0, 0.05) is 23.7 Å². The van der Waals surface area contributed by atoms with Crippen molar-refractivity contribution in [3.63, 3.8) is 0 Å². The van der Waals surface area contributed by atoms with Gasteiger partial charge in [0.2, 0.25) is 0 Å². The van der Waals surface area contributed by atoms with E-state index in [9.17, 15) is 4.79 Å². The van der Waals surface area contributed by atoms with Crippen molar-refractivity contribution < 1.29 is 4.79 Å². The lowest BCUT2D eigenvalue weighted by Crippen LogP contribution is -2.02. The second-order valence-electron chi connectivity index (χ2n) is 3.47. The number of carbonyl (C=O) groups is 1. The Labute approximate surface area is 81.5 Å². The van der Waals surface area contributed by atoms with Crippen LogP contribution in [0.5, 0.6) is 0 Å². The largest absolute Gasteiger partial charge is 0.316 e. The zero-order chi connectivity index (χ0) is 9.54. The van der Waals surface area contributed by atoms with E-state index in [0.29, 0.717) is 6.42 Å². The highest BCUT2D eigenvalue weighted by atomic mass is 16.1. The molecule has 0 bridgehead atoms. The van der Waals surface area contributed by atoms with Crippen molar-refractivity contribution in [2.45, 2.75) is 6.42 Å². The van der Waals surface area contributed by atoms with Gasteiger partial charge in [-0.05, 0) is 24.3 Å². The van der Waals surface area contributed by atoms with Crippen LogP contribution in [-0.4, -0.2) is 10.2 Å². The summed E-state index contributed by atoms with van der Waals surface area (Å²) >= 11 is 0. The smallest absolute Gasteiger partial charge is 0.168 e. The van der Waals surface area contributed by atoms with E-state index in [1.807, 2.05) is 47.0 Å². The van der Waals surface area contributed by atoms with E-state index in [1.54, 1.807) is 0 Å². The molecule has 0 atom stereocenters. The summed E-state index contributed by atoms with van der Waals surface area (Å²) in [7, 11) is 0. The molecule has 0 aromatic carbocycles. The average molecular weight is 183 g/mol. The van der Waals surface area contributed by atoms with Gasteiger partial charge in [-0.25, -0.2) is 0 Å². The van der Waals surface area contributed by atoms with Gasteiger partial charge in [-0.2, -0.15) is 0 Å². The monoisotopic (exact) mass is 183 g/mol. The second-order valence-corrected chi connectivity index (χ2v) is 3.47. The zero-order valence-electron chi connectivity index (χ0n) is 7.60. The number of ketones is 1. The van der Waals surface area contributed by atoms with Crippen LogP contribution < -0.4 is 0 Å². The Balaban J connectivity index is 2.45. The first kappa shape index (κ1) is 7.56. The fourth-order valence-electron chi connectivity index (χ4n) is 1.93. The first-order valence-corrected chi connectivity index (χ1v) is 4.66. The van der Waals surface area contributed by atoms with E-state index in [0.717, 1.165) is 16.8 Å². The summed E-state index contributed by atoms with van der Waals surface area (Å²) in [6, 6.07) is 7.93. The molecule has 14 heavy (non-hydrogen) atoms. The van der Waals surface area contributed by atoms with Gasteiger partial charge in [0.05, 0.1) is 5.69 Å². The Morgan fingerprint density at radius 1 is 1.29 bits per heavy atom. The molecule has 2 heterocycles. The Bertz CT molecular complexity index is 548. The van der Waals surface area contributed by atoms with Crippen LogP contribution in [0.25, 0.3) is 11.6 Å². The maximum absolute atomic E-state index is 11.6. The highest BCUT2D eigenvalue weighted by molar-refractivity contribution is 6.03. The summed E-state index contributed by atoms with van der Waals surface area (Å²) in [5, 5.41) is 0. The molecule has 0 radical (unpaired) electrons. The minimum Gasteiger partial charge on any atom is -0.316 e. The molecule has 0 saturated heterocycles. The van der Waals surface area contributed by atoms with E-state index < -0.39 is 0 Å². The van der Waals surface area contributed by atoms with Gasteiger partial charge in [-0.3, -0.25) is 4.79 Å². The van der Waals surface area contributed by atoms with Crippen LogP contribution >= 0.6 is 0 Å². The zero-order valence-corrected chi connectivity index (χ0v) is 7.60. The van der Waals surface area contributed by atoms with Gasteiger partial charge in [-0.15, -0.1) is 0 Å². The summed E-state index contributed by atoms with van der Waals surface area (Å²) in [5.74, 6) is 0.214. The molecule has 2 aromatic heterocycles. The quantitative estimate of drug-likeness (QED) is 0.615. The summed E-state index contributed by atoms with van der Waals surface area (Å²) in [5.41, 5.74) is 2.94. The van der Waals surface area contributed by atoms with Gasteiger partial charge in [0.15, 0.2) is 5.78 Å². The summed E-state index contributed by atoms with van der Waals surface area (Å²) in [6.07, 6.45) is 6.45. The van der Waals surface area contributed by atoms with Gasteiger partial charge in [-0.1, -0.05) is 12.1 Å². The number of carbonyl (C=O) groups excluding carboxylic acids is 1. The molecule has 0 saturated carbocycles. The third-order valence-electron chi connectivity index (χ3n) is 2.60. The molecule has 1 aliphatic rings. The normalized spacial score (nSPS) is 14.7. The van der Waals surface area contributed by atoms with Crippen LogP contribution in [0.1, 0.15) is 22.5 Å². The number of rotatable bonds is 0. The maximum atomic E-state index is 11.6. The Morgan fingerprint density at radius 3 is 3.14 bits per heavy atom. The van der Waals surface area contributed by atoms with Gasteiger partial charge >= 0.3 is 0 Å². The Hall–Kier alpha value is -1.83. The minimum absolute atomic E-state index is 0.214. The standard InChI is InChI=1S/C12H9NO/c14-12-6-3-5-11-10(12)8-9-4-1-2-7-13(9)11/h1-5,7-8H,6H2. The maximum Gasteiger partial charge on any atom is 0.168 e. The van der Waals surface area contributed by atoms with Crippen molar-refractivity contribution in [1.82, 2.24) is 4.40 Å². The second kappa shape index (κ2) is 2.58. The van der Waals surface area contributed by atoms with E-state index in [1.165, 1.54) is 0 Å². The molecule has 68 valence electrons. The molecule has 1 aliphatic carbocycles. The molecule has 0 unspecified atom stereocenters. The van der Waals surface area contributed by atoms with Gasteiger partial charge in [0.1, 0.15) is 0 Å². The minimum atomic E-state index is 0.214. The Kier molecular flexibility index (Phi) is 1.39. The van der Waals surface area contributed by atoms with Crippen LogP contribution in [0.4, 0.5) is 0 Å². The molecule has 0 N–H and O–H groups in total. The number of Topliss-reactive ketones (excluding diaryl/α,β-unsaturated/α-hetero) is 1. The number of pyridine rings is 1. The first-order chi connectivity index (χ1) is 6.86. The van der Waals surface area contributed by atoms with Crippen molar-refractivity contribution in [2.24, 2.45) is 0 Å². The molecular formula is C12H9NO. The highest BCUT2D eigenvalue weighted by Gasteiger charge is 2.16. The predicted molar refractivity (Wildman–Crippen MR) is 55.4 cm³/mol. The summed E-state index contributed by atoms with van der Waals surface area (Å²) < 4.78 is 2.04. The van der Waals surface area contributed by atoms with E-state index in [-0.39, 0.29) is 5.78 Å². The van der Waals surface area contributed by atoms with Crippen molar-refractivity contribution in [3.8, 4) is 0 Å². The summed E-state index contributed by atoms with van der Waals surface area (Å²) in [6.45, 7) is 0. The number of allylic oxidation sites excluding steroid dienone is 1. The number of hydrogen-bond donors (Lipinski definition) is 0. The van der Waals surface area contributed by atoms with Crippen LogP contribution in [0.2, 0.25) is 0 Å². The third-order valence-corrected chi connectivity index (χ3v) is 2.60. The van der Waals surface area contributed by atoms with Gasteiger partial charge < -0.3 is 4.40 Å². The van der Waals surface area contributed by atoms with E-state index >= 15 is 0 Å². The number of nitrogens with zero attached hydrogens (tertiary/aromatic N) is 1. The van der Waals surface area contributed by atoms with Crippen molar-refractivity contribution in [2.75, 3.05) is 0 Å². The lowest BCUT2D eigenvalue weighted by molar-refractivity contribution is 0.0994. The van der Waals surface area contributed by atoms with Crippen LogP contribution in [0.15, 0.2) is 36.5 Å². The highest BCUT2D eigenvalue weighted by Crippen LogP contribution is 2.23. The molecule has 2 aromatic rings. The topological polar surface area (TPSA) is 21.5 Å². The van der Waals surface area contributed by atoms with Crippen LogP contribution in [0, 0.1) is 0 Å². The lowest BCUT2D eigenvalue weighted by atomic mass is 10.0. The van der Waals surface area contributed by atoms with Crippen molar-refractivity contribution in [3.05, 3.63) is 47.8 Å². The van der Waals surface area contributed by atoms with Crippen molar-refractivity contribution in [1.29, 1.82) is 0 Å². The molecule has 2 heteroatoms. The number of aromatic nitrogens is 1. The number of hydrogen-bond acceptors (Lipinski definition) is 1. The Morgan fingerprint density at radius 2 is 2.21 bits per heavy atom. The van der Waals surface area contributed by atoms with Crippen LogP contribution in [0.3, 0.4) is 0 Å². The number of fused-ring (bicyclic) bond motifs is 3. The molecular weight excluding hydrogens is 174 g/mol. The van der Waals surface area contributed by atoms with E-state index in [4.69, 9.17) is 0 Å². The molecule has 0 spiro atoms. The molecule has 3 rings (SSSR count). The third kappa shape index (κ3) is 0.880.